The van der Waals surface area contributed by atoms with Crippen molar-refractivity contribution >= 4 is 29.1 Å². The smallest absolute Gasteiger partial charge is 0.425 e. The summed E-state index contributed by atoms with van der Waals surface area (Å²) in [4.78, 5) is 12.2. The topological polar surface area (TPSA) is 62.5 Å². The van der Waals surface area contributed by atoms with Crippen LogP contribution in [0.1, 0.15) is 36.5 Å². The van der Waals surface area contributed by atoms with E-state index in [4.69, 9.17) is 27.6 Å². The second-order valence-electron chi connectivity index (χ2n) is 5.90. The fourth-order valence-corrected chi connectivity index (χ4v) is 3.01. The van der Waals surface area contributed by atoms with Gasteiger partial charge in [-0.15, -0.1) is 0 Å². The first-order chi connectivity index (χ1) is 11.9. The van der Waals surface area contributed by atoms with Gasteiger partial charge >= 0.3 is 6.18 Å². The van der Waals surface area contributed by atoms with Crippen LogP contribution in [0.2, 0.25) is 10.0 Å². The molecule has 0 aliphatic rings. The van der Waals surface area contributed by atoms with E-state index in [1.165, 1.54) is 19.1 Å². The molecule has 1 aromatic carbocycles. The SMILES string of the molecule is Cc1ccc([C@@](O)(CC(=O)N[C@H](C)c2ccc(Cl)cc2Cl)C(F)(F)F)o1. The van der Waals surface area contributed by atoms with Crippen molar-refractivity contribution in [3.8, 4) is 0 Å². The first-order valence-electron chi connectivity index (χ1n) is 7.54. The van der Waals surface area contributed by atoms with Crippen molar-refractivity contribution in [2.45, 2.75) is 38.1 Å². The number of furan rings is 1. The van der Waals surface area contributed by atoms with Gasteiger partial charge in [-0.1, -0.05) is 29.3 Å². The van der Waals surface area contributed by atoms with Crippen LogP contribution in [-0.2, 0) is 10.4 Å². The monoisotopic (exact) mass is 409 g/mol. The molecule has 2 atom stereocenters. The summed E-state index contributed by atoms with van der Waals surface area (Å²) < 4.78 is 45.1. The molecule has 0 spiro atoms. The number of amides is 1. The van der Waals surface area contributed by atoms with Gasteiger partial charge in [0.05, 0.1) is 12.5 Å². The highest BCUT2D eigenvalue weighted by Crippen LogP contribution is 2.42. The Balaban J connectivity index is 2.20. The van der Waals surface area contributed by atoms with E-state index in [-0.39, 0.29) is 10.8 Å². The Bertz CT molecular complexity index is 807. The predicted octanol–water partition coefficient (Wildman–Crippen LogP) is 4.91. The van der Waals surface area contributed by atoms with E-state index in [0.29, 0.717) is 10.6 Å². The first-order valence-corrected chi connectivity index (χ1v) is 8.30. The number of rotatable bonds is 5. The number of hydrogen-bond acceptors (Lipinski definition) is 3. The standard InChI is InChI=1S/C17H16Cl2F3NO3/c1-9-3-6-14(26-9)16(25,17(20,21)22)8-15(24)23-10(2)12-5-4-11(18)7-13(12)19/h3-7,10,25H,8H2,1-2H3,(H,23,24)/t10-,16+/m1/s1. The molecule has 0 bridgehead atoms. The van der Waals surface area contributed by atoms with Crippen molar-refractivity contribution in [1.82, 2.24) is 5.32 Å². The van der Waals surface area contributed by atoms with E-state index in [1.54, 1.807) is 19.1 Å². The number of aliphatic hydroxyl groups is 1. The molecule has 0 fully saturated rings. The maximum absolute atomic E-state index is 13.4. The molecule has 9 heteroatoms. The molecule has 0 aliphatic carbocycles. The fourth-order valence-electron chi connectivity index (χ4n) is 2.44. The van der Waals surface area contributed by atoms with Crippen LogP contribution in [0.4, 0.5) is 13.2 Å². The summed E-state index contributed by atoms with van der Waals surface area (Å²) in [5.41, 5.74) is -2.96. The number of benzene rings is 1. The van der Waals surface area contributed by atoms with Gasteiger partial charge in [0.2, 0.25) is 11.5 Å². The third-order valence-electron chi connectivity index (χ3n) is 3.84. The minimum absolute atomic E-state index is 0.185. The van der Waals surface area contributed by atoms with Crippen LogP contribution in [0, 0.1) is 6.92 Å². The summed E-state index contributed by atoms with van der Waals surface area (Å²) in [6.07, 6.45) is -6.35. The maximum atomic E-state index is 13.4. The Labute approximate surface area is 157 Å². The highest BCUT2D eigenvalue weighted by atomic mass is 35.5. The zero-order chi connectivity index (χ0) is 19.7. The van der Waals surface area contributed by atoms with Crippen molar-refractivity contribution in [3.63, 3.8) is 0 Å². The number of nitrogens with one attached hydrogen (secondary N) is 1. The fraction of sp³-hybridized carbons (Fsp3) is 0.353. The van der Waals surface area contributed by atoms with Crippen molar-refractivity contribution < 1.29 is 27.5 Å². The van der Waals surface area contributed by atoms with Gasteiger partial charge in [0.25, 0.3) is 0 Å². The second kappa shape index (κ2) is 7.50. The van der Waals surface area contributed by atoms with Crippen molar-refractivity contribution in [1.29, 1.82) is 0 Å². The predicted molar refractivity (Wildman–Crippen MR) is 91.0 cm³/mol. The molecule has 2 N–H and O–H groups in total. The van der Waals surface area contributed by atoms with Crippen molar-refractivity contribution in [2.24, 2.45) is 0 Å². The molecule has 0 radical (unpaired) electrons. The summed E-state index contributed by atoms with van der Waals surface area (Å²) in [5.74, 6) is -1.57. The lowest BCUT2D eigenvalue weighted by Gasteiger charge is -2.28. The van der Waals surface area contributed by atoms with E-state index in [9.17, 15) is 23.1 Å². The Morgan fingerprint density at radius 2 is 1.92 bits per heavy atom. The van der Waals surface area contributed by atoms with E-state index in [0.717, 1.165) is 6.07 Å². The number of aryl methyl sites for hydroxylation is 1. The van der Waals surface area contributed by atoms with Crippen molar-refractivity contribution in [3.05, 3.63) is 57.5 Å². The van der Waals surface area contributed by atoms with E-state index < -0.39 is 35.9 Å². The number of alkyl halides is 3. The van der Waals surface area contributed by atoms with Gasteiger partial charge in [-0.3, -0.25) is 4.79 Å². The van der Waals surface area contributed by atoms with Crippen LogP contribution >= 0.6 is 23.2 Å². The summed E-state index contributed by atoms with van der Waals surface area (Å²) in [7, 11) is 0. The van der Waals surface area contributed by atoms with Crippen LogP contribution in [0.3, 0.4) is 0 Å². The van der Waals surface area contributed by atoms with Crippen LogP contribution in [0.5, 0.6) is 0 Å². The zero-order valence-electron chi connectivity index (χ0n) is 13.8. The molecule has 0 unspecified atom stereocenters. The summed E-state index contributed by atoms with van der Waals surface area (Å²) in [5, 5.41) is 13.2. The van der Waals surface area contributed by atoms with Gasteiger partial charge in [-0.2, -0.15) is 13.2 Å². The summed E-state index contributed by atoms with van der Waals surface area (Å²) >= 11 is 11.8. The minimum atomic E-state index is -5.10. The molecule has 142 valence electrons. The zero-order valence-corrected chi connectivity index (χ0v) is 15.3. The summed E-state index contributed by atoms with van der Waals surface area (Å²) in [6, 6.07) is 6.14. The van der Waals surface area contributed by atoms with Gasteiger partial charge in [0, 0.05) is 10.0 Å². The van der Waals surface area contributed by atoms with Crippen LogP contribution in [0.15, 0.2) is 34.7 Å². The van der Waals surface area contributed by atoms with E-state index in [2.05, 4.69) is 5.32 Å². The third-order valence-corrected chi connectivity index (χ3v) is 4.40. The number of carbonyl (C=O) groups is 1. The van der Waals surface area contributed by atoms with Crippen LogP contribution < -0.4 is 5.32 Å². The lowest BCUT2D eigenvalue weighted by Crippen LogP contribution is -2.46. The Morgan fingerprint density at radius 3 is 2.42 bits per heavy atom. The molecule has 2 rings (SSSR count). The minimum Gasteiger partial charge on any atom is -0.463 e. The molecule has 1 amide bonds. The van der Waals surface area contributed by atoms with Gasteiger partial charge in [0.15, 0.2) is 0 Å². The lowest BCUT2D eigenvalue weighted by atomic mass is 9.95. The van der Waals surface area contributed by atoms with Crippen molar-refractivity contribution in [2.75, 3.05) is 0 Å². The highest BCUT2D eigenvalue weighted by Gasteiger charge is 2.58. The largest absolute Gasteiger partial charge is 0.463 e. The normalized spacial score (nSPS) is 15.4. The molecule has 2 aromatic rings. The average molecular weight is 410 g/mol. The number of halogens is 5. The number of hydrogen-bond donors (Lipinski definition) is 2. The van der Waals surface area contributed by atoms with Crippen LogP contribution in [-0.4, -0.2) is 17.2 Å². The molecule has 0 aliphatic heterocycles. The molecular formula is C17H16Cl2F3NO3. The van der Waals surface area contributed by atoms with Gasteiger partial charge in [-0.25, -0.2) is 0 Å². The van der Waals surface area contributed by atoms with Gasteiger partial charge < -0.3 is 14.8 Å². The maximum Gasteiger partial charge on any atom is 0.425 e. The van der Waals surface area contributed by atoms with Gasteiger partial charge in [0.1, 0.15) is 11.5 Å². The van der Waals surface area contributed by atoms with Crippen LogP contribution in [0.25, 0.3) is 0 Å². The third kappa shape index (κ3) is 4.34. The molecule has 4 nitrogen and oxygen atoms in total. The molecule has 0 saturated heterocycles. The summed E-state index contributed by atoms with van der Waals surface area (Å²) in [6.45, 7) is 2.99. The van der Waals surface area contributed by atoms with Gasteiger partial charge in [-0.05, 0) is 43.7 Å². The average Bonchev–Trinajstić information content (AvgIpc) is 2.92. The second-order valence-corrected chi connectivity index (χ2v) is 6.74. The van der Waals surface area contributed by atoms with E-state index in [1.807, 2.05) is 0 Å². The Hall–Kier alpha value is -1.70. The lowest BCUT2D eigenvalue weighted by molar-refractivity contribution is -0.273. The molecule has 26 heavy (non-hydrogen) atoms. The Morgan fingerprint density at radius 1 is 1.27 bits per heavy atom. The molecule has 0 saturated carbocycles. The Kier molecular flexibility index (Phi) is 5.95. The van der Waals surface area contributed by atoms with E-state index >= 15 is 0 Å². The quantitative estimate of drug-likeness (QED) is 0.736. The number of carbonyl (C=O) groups excluding carboxylic acids is 1. The molecule has 1 aromatic heterocycles. The highest BCUT2D eigenvalue weighted by molar-refractivity contribution is 6.35. The first kappa shape index (κ1) is 20.6. The molecular weight excluding hydrogens is 394 g/mol. The molecule has 1 heterocycles.